The summed E-state index contributed by atoms with van der Waals surface area (Å²) >= 11 is 0. The lowest BCUT2D eigenvalue weighted by molar-refractivity contribution is 0.102. The highest BCUT2D eigenvalue weighted by Crippen LogP contribution is 2.13. The minimum absolute atomic E-state index is 0.158. The third kappa shape index (κ3) is 3.66. The van der Waals surface area contributed by atoms with Crippen LogP contribution in [0.15, 0.2) is 65.6 Å². The fourth-order valence-corrected chi connectivity index (χ4v) is 2.81. The summed E-state index contributed by atoms with van der Waals surface area (Å²) < 4.78 is 1.93. The molecule has 1 amide bonds. The van der Waals surface area contributed by atoms with E-state index in [1.807, 2.05) is 47.9 Å². The van der Waals surface area contributed by atoms with Gasteiger partial charge >= 0.3 is 0 Å². The van der Waals surface area contributed by atoms with E-state index in [1.54, 1.807) is 25.3 Å². The maximum Gasteiger partial charge on any atom is 0.261 e. The van der Waals surface area contributed by atoms with Gasteiger partial charge in [-0.15, -0.1) is 0 Å². The Morgan fingerprint density at radius 3 is 2.48 bits per heavy atom. The second-order valence-corrected chi connectivity index (χ2v) is 5.84. The number of aryl methyl sites for hydroxylation is 1. The number of hydrogen-bond acceptors (Lipinski definition) is 3. The Morgan fingerprint density at radius 1 is 1.08 bits per heavy atom. The molecule has 2 heterocycles. The molecule has 0 spiro atoms. The molecular formula is C20H19N3O2. The van der Waals surface area contributed by atoms with Gasteiger partial charge in [0.05, 0.1) is 12.2 Å². The largest absolute Gasteiger partial charge is 0.342 e. The van der Waals surface area contributed by atoms with Crippen molar-refractivity contribution < 1.29 is 4.79 Å². The van der Waals surface area contributed by atoms with Gasteiger partial charge in [0.25, 0.3) is 5.91 Å². The Kier molecular flexibility index (Phi) is 4.75. The second-order valence-electron chi connectivity index (χ2n) is 5.84. The molecule has 0 aliphatic carbocycles. The molecule has 0 aliphatic rings. The van der Waals surface area contributed by atoms with Crippen LogP contribution in [0.2, 0.25) is 0 Å². The van der Waals surface area contributed by atoms with Gasteiger partial charge < -0.3 is 9.88 Å². The summed E-state index contributed by atoms with van der Waals surface area (Å²) in [6.07, 6.45) is 1.73. The fraction of sp³-hybridized carbons (Fsp3) is 0.150. The zero-order valence-corrected chi connectivity index (χ0v) is 14.2. The van der Waals surface area contributed by atoms with E-state index in [0.29, 0.717) is 17.9 Å². The van der Waals surface area contributed by atoms with E-state index in [-0.39, 0.29) is 11.0 Å². The average molecular weight is 333 g/mol. The number of pyridine rings is 2. The minimum Gasteiger partial charge on any atom is -0.342 e. The number of amides is 1. The monoisotopic (exact) mass is 333 g/mol. The molecule has 0 atom stereocenters. The number of para-hydroxylation sites is 1. The summed E-state index contributed by atoms with van der Waals surface area (Å²) in [5, 5.41) is 2.78. The number of anilines is 1. The van der Waals surface area contributed by atoms with Crippen LogP contribution in [-0.2, 0) is 6.54 Å². The van der Waals surface area contributed by atoms with E-state index < -0.39 is 5.91 Å². The third-order valence-corrected chi connectivity index (χ3v) is 4.08. The second kappa shape index (κ2) is 7.13. The molecule has 5 heteroatoms. The van der Waals surface area contributed by atoms with Crippen LogP contribution in [0.3, 0.4) is 0 Å². The van der Waals surface area contributed by atoms with Crippen LogP contribution in [-0.4, -0.2) is 15.5 Å². The molecule has 0 fully saturated rings. The van der Waals surface area contributed by atoms with Gasteiger partial charge in [0, 0.05) is 29.3 Å². The maximum atomic E-state index is 12.6. The van der Waals surface area contributed by atoms with Crippen molar-refractivity contribution in [1.29, 1.82) is 0 Å². The van der Waals surface area contributed by atoms with Crippen LogP contribution in [0.25, 0.3) is 0 Å². The number of carbonyl (C=O) groups excluding carboxylic acids is 1. The van der Waals surface area contributed by atoms with Gasteiger partial charge in [0.2, 0.25) is 0 Å². The molecular weight excluding hydrogens is 314 g/mol. The van der Waals surface area contributed by atoms with E-state index in [2.05, 4.69) is 10.3 Å². The Balaban J connectivity index is 1.98. The molecule has 3 rings (SSSR count). The van der Waals surface area contributed by atoms with Crippen molar-refractivity contribution in [2.24, 2.45) is 0 Å². The summed E-state index contributed by atoms with van der Waals surface area (Å²) in [6, 6.07) is 16.3. The number of rotatable bonds is 4. The number of nitrogens with one attached hydrogen (secondary N) is 1. The first-order valence-electron chi connectivity index (χ1n) is 8.03. The van der Waals surface area contributed by atoms with Crippen molar-refractivity contribution in [3.05, 3.63) is 93.7 Å². The zero-order chi connectivity index (χ0) is 17.8. The Bertz CT molecular complexity index is 948. The number of aromatic nitrogens is 2. The van der Waals surface area contributed by atoms with Crippen LogP contribution in [0.1, 0.15) is 27.4 Å². The van der Waals surface area contributed by atoms with Gasteiger partial charge in [-0.05, 0) is 38.1 Å². The van der Waals surface area contributed by atoms with E-state index in [0.717, 1.165) is 11.4 Å². The molecule has 0 radical (unpaired) electrons. The molecule has 5 nitrogen and oxygen atoms in total. The first kappa shape index (κ1) is 16.6. The molecule has 0 unspecified atom stereocenters. The highest BCUT2D eigenvalue weighted by molar-refractivity contribution is 6.04. The minimum atomic E-state index is -0.400. The molecule has 3 aromatic rings. The lowest BCUT2D eigenvalue weighted by Gasteiger charge is -2.17. The molecule has 0 aliphatic heterocycles. The van der Waals surface area contributed by atoms with E-state index in [9.17, 15) is 9.59 Å². The first-order valence-corrected chi connectivity index (χ1v) is 8.03. The normalized spacial score (nSPS) is 10.5. The van der Waals surface area contributed by atoms with Gasteiger partial charge in [-0.3, -0.25) is 14.6 Å². The maximum absolute atomic E-state index is 12.6. The predicted octanol–water partition coefficient (Wildman–Crippen LogP) is 3.16. The third-order valence-electron chi connectivity index (χ3n) is 4.08. The van der Waals surface area contributed by atoms with Crippen LogP contribution < -0.4 is 10.7 Å². The van der Waals surface area contributed by atoms with Gasteiger partial charge in [0.15, 0.2) is 5.43 Å². The summed E-state index contributed by atoms with van der Waals surface area (Å²) in [5.74, 6) is -0.400. The van der Waals surface area contributed by atoms with Crippen molar-refractivity contribution in [2.75, 3.05) is 5.32 Å². The SMILES string of the molecule is Cc1cc(=O)c(C(=O)Nc2ccccc2)c(C)n1Cc1ccccn1. The van der Waals surface area contributed by atoms with Crippen molar-refractivity contribution in [2.45, 2.75) is 20.4 Å². The molecule has 126 valence electrons. The lowest BCUT2D eigenvalue weighted by Crippen LogP contribution is -2.27. The summed E-state index contributed by atoms with van der Waals surface area (Å²) in [5.41, 5.74) is 2.83. The number of nitrogens with zero attached hydrogens (tertiary/aromatic N) is 2. The van der Waals surface area contributed by atoms with Crippen molar-refractivity contribution in [1.82, 2.24) is 9.55 Å². The quantitative estimate of drug-likeness (QED) is 0.798. The summed E-state index contributed by atoms with van der Waals surface area (Å²) in [4.78, 5) is 29.4. The summed E-state index contributed by atoms with van der Waals surface area (Å²) in [7, 11) is 0. The molecule has 25 heavy (non-hydrogen) atoms. The van der Waals surface area contributed by atoms with Crippen LogP contribution >= 0.6 is 0 Å². The number of carbonyl (C=O) groups is 1. The zero-order valence-electron chi connectivity index (χ0n) is 14.2. The fourth-order valence-electron chi connectivity index (χ4n) is 2.81. The van der Waals surface area contributed by atoms with Gasteiger partial charge in [-0.1, -0.05) is 24.3 Å². The van der Waals surface area contributed by atoms with Crippen molar-refractivity contribution >= 4 is 11.6 Å². The number of benzene rings is 1. The summed E-state index contributed by atoms with van der Waals surface area (Å²) in [6.45, 7) is 4.15. The predicted molar refractivity (Wildman–Crippen MR) is 97.9 cm³/mol. The molecule has 2 aromatic heterocycles. The van der Waals surface area contributed by atoms with Gasteiger partial charge in [-0.25, -0.2) is 0 Å². The van der Waals surface area contributed by atoms with Gasteiger partial charge in [0.1, 0.15) is 5.56 Å². The highest BCUT2D eigenvalue weighted by atomic mass is 16.2. The Morgan fingerprint density at radius 2 is 1.80 bits per heavy atom. The standard InChI is InChI=1S/C20H19N3O2/c1-14-12-18(24)19(20(25)22-16-8-4-3-5-9-16)15(2)23(14)13-17-10-6-7-11-21-17/h3-12H,13H2,1-2H3,(H,22,25). The number of hydrogen-bond donors (Lipinski definition) is 1. The molecule has 1 N–H and O–H groups in total. The Labute approximate surface area is 146 Å². The lowest BCUT2D eigenvalue weighted by atomic mass is 10.1. The van der Waals surface area contributed by atoms with E-state index >= 15 is 0 Å². The van der Waals surface area contributed by atoms with Crippen LogP contribution in [0.4, 0.5) is 5.69 Å². The van der Waals surface area contributed by atoms with E-state index in [4.69, 9.17) is 0 Å². The van der Waals surface area contributed by atoms with Crippen molar-refractivity contribution in [3.63, 3.8) is 0 Å². The highest BCUT2D eigenvalue weighted by Gasteiger charge is 2.18. The molecule has 1 aromatic carbocycles. The average Bonchev–Trinajstić information content (AvgIpc) is 2.60. The molecule has 0 saturated heterocycles. The smallest absolute Gasteiger partial charge is 0.261 e. The Hall–Kier alpha value is -3.21. The van der Waals surface area contributed by atoms with Crippen molar-refractivity contribution in [3.8, 4) is 0 Å². The van der Waals surface area contributed by atoms with Gasteiger partial charge in [-0.2, -0.15) is 0 Å². The van der Waals surface area contributed by atoms with Crippen LogP contribution in [0.5, 0.6) is 0 Å². The van der Waals surface area contributed by atoms with Crippen LogP contribution in [0, 0.1) is 13.8 Å². The molecule has 0 bridgehead atoms. The van der Waals surface area contributed by atoms with E-state index in [1.165, 1.54) is 6.07 Å². The molecule has 0 saturated carbocycles. The first-order chi connectivity index (χ1) is 12.1. The topological polar surface area (TPSA) is 64.0 Å².